The van der Waals surface area contributed by atoms with Crippen LogP contribution < -0.4 is 5.73 Å². The zero-order valence-corrected chi connectivity index (χ0v) is 10.8. The van der Waals surface area contributed by atoms with Crippen molar-refractivity contribution in [3.63, 3.8) is 0 Å². The van der Waals surface area contributed by atoms with Crippen LogP contribution in [0.3, 0.4) is 0 Å². The van der Waals surface area contributed by atoms with E-state index in [9.17, 15) is 8.78 Å². The molecule has 3 aromatic rings. The number of nitrogens with one attached hydrogen (secondary N) is 1. The highest BCUT2D eigenvalue weighted by molar-refractivity contribution is 5.93. The largest absolute Gasteiger partial charge is 0.382 e. The van der Waals surface area contributed by atoms with Crippen molar-refractivity contribution in [3.05, 3.63) is 65.4 Å². The van der Waals surface area contributed by atoms with Gasteiger partial charge in [-0.05, 0) is 17.7 Å². The summed E-state index contributed by atoms with van der Waals surface area (Å²) >= 11 is 0. The van der Waals surface area contributed by atoms with E-state index in [0.717, 1.165) is 12.1 Å². The van der Waals surface area contributed by atoms with Gasteiger partial charge in [0.15, 0.2) is 17.3 Å². The van der Waals surface area contributed by atoms with Gasteiger partial charge in [0.05, 0.1) is 5.69 Å². The Bertz CT molecular complexity index is 840. The van der Waals surface area contributed by atoms with Gasteiger partial charge in [-0.2, -0.15) is 0 Å². The van der Waals surface area contributed by atoms with E-state index < -0.39 is 11.6 Å². The van der Waals surface area contributed by atoms with Crippen LogP contribution in [0.25, 0.3) is 5.65 Å². The van der Waals surface area contributed by atoms with Crippen LogP contribution in [0.15, 0.2) is 36.8 Å². The summed E-state index contributed by atoms with van der Waals surface area (Å²) in [7, 11) is 0. The summed E-state index contributed by atoms with van der Waals surface area (Å²) in [5.74, 6) is -1.97. The summed E-state index contributed by atoms with van der Waals surface area (Å²) < 4.78 is 27.9. The minimum Gasteiger partial charge on any atom is -0.382 e. The molecule has 21 heavy (non-hydrogen) atoms. The van der Waals surface area contributed by atoms with Gasteiger partial charge in [-0.15, -0.1) is 0 Å². The van der Waals surface area contributed by atoms with Crippen LogP contribution in [0.2, 0.25) is 0 Å². The average Bonchev–Trinajstić information content (AvgIpc) is 2.91. The van der Waals surface area contributed by atoms with Crippen LogP contribution >= 0.6 is 0 Å². The van der Waals surface area contributed by atoms with E-state index in [1.165, 1.54) is 6.07 Å². The fraction of sp³-hybridized carbons (Fsp3) is 0.0714. The number of amidine groups is 1. The number of rotatable bonds is 3. The third-order valence-electron chi connectivity index (χ3n) is 3.08. The highest BCUT2D eigenvalue weighted by Crippen LogP contribution is 2.16. The van der Waals surface area contributed by atoms with Gasteiger partial charge in [0.1, 0.15) is 11.5 Å². The molecule has 3 N–H and O–H groups in total. The molecule has 2 aromatic heterocycles. The second-order valence-corrected chi connectivity index (χ2v) is 4.57. The Kier molecular flexibility index (Phi) is 3.09. The van der Waals surface area contributed by atoms with Gasteiger partial charge >= 0.3 is 0 Å². The van der Waals surface area contributed by atoms with Gasteiger partial charge in [0.2, 0.25) is 0 Å². The molecule has 0 amide bonds. The van der Waals surface area contributed by atoms with Gasteiger partial charge in [0.25, 0.3) is 0 Å². The minimum absolute atomic E-state index is 0.169. The lowest BCUT2D eigenvalue weighted by Crippen LogP contribution is -2.16. The highest BCUT2D eigenvalue weighted by Gasteiger charge is 2.11. The molecule has 0 saturated heterocycles. The number of aromatic nitrogens is 3. The summed E-state index contributed by atoms with van der Waals surface area (Å²) in [6.07, 6.45) is 5.16. The minimum atomic E-state index is -0.908. The molecule has 0 aliphatic rings. The molecule has 0 bridgehead atoms. The fourth-order valence-corrected chi connectivity index (χ4v) is 2.09. The van der Waals surface area contributed by atoms with Crippen LogP contribution in [0, 0.1) is 17.0 Å². The Hall–Kier alpha value is -2.83. The van der Waals surface area contributed by atoms with Crippen LogP contribution in [-0.4, -0.2) is 20.2 Å². The van der Waals surface area contributed by atoms with E-state index in [2.05, 4.69) is 9.97 Å². The molecule has 0 radical (unpaired) electrons. The van der Waals surface area contributed by atoms with Crippen LogP contribution in [0.4, 0.5) is 8.78 Å². The maximum Gasteiger partial charge on any atom is 0.159 e. The van der Waals surface area contributed by atoms with E-state index in [0.29, 0.717) is 22.6 Å². The fourth-order valence-electron chi connectivity index (χ4n) is 2.09. The normalized spacial score (nSPS) is 11.0. The van der Waals surface area contributed by atoms with Gasteiger partial charge in [-0.25, -0.2) is 18.7 Å². The second kappa shape index (κ2) is 4.93. The number of halogens is 2. The molecule has 0 fully saturated rings. The van der Waals surface area contributed by atoms with Crippen molar-refractivity contribution >= 4 is 11.5 Å². The van der Waals surface area contributed by atoms with E-state index in [1.807, 2.05) is 0 Å². The number of imidazole rings is 1. The molecular formula is C14H11F2N5. The second-order valence-electron chi connectivity index (χ2n) is 4.57. The zero-order valence-electron chi connectivity index (χ0n) is 10.8. The molecule has 7 heteroatoms. The molecular weight excluding hydrogens is 276 g/mol. The monoisotopic (exact) mass is 287 g/mol. The van der Waals surface area contributed by atoms with E-state index in [4.69, 9.17) is 11.1 Å². The first-order valence-corrected chi connectivity index (χ1v) is 6.15. The maximum atomic E-state index is 13.3. The molecule has 106 valence electrons. The molecule has 1 aromatic carbocycles. The van der Waals surface area contributed by atoms with Crippen LogP contribution in [0.5, 0.6) is 0 Å². The standard InChI is InChI=1S/C14H11F2N5/c15-9-2-1-8(5-10(9)16)6-11-14-19-3-4-21(14)7-12(20-11)13(17)18/h1-5,7H,6H2,(H3,17,18). The van der Waals surface area contributed by atoms with Gasteiger partial charge in [-0.1, -0.05) is 6.07 Å². The van der Waals surface area contributed by atoms with Crippen molar-refractivity contribution in [3.8, 4) is 0 Å². The van der Waals surface area contributed by atoms with Crippen molar-refractivity contribution in [2.24, 2.45) is 5.73 Å². The van der Waals surface area contributed by atoms with Crippen molar-refractivity contribution < 1.29 is 8.78 Å². The molecule has 2 heterocycles. The molecule has 3 rings (SSSR count). The smallest absolute Gasteiger partial charge is 0.159 e. The Morgan fingerprint density at radius 1 is 1.29 bits per heavy atom. The molecule has 0 aliphatic carbocycles. The average molecular weight is 287 g/mol. The summed E-state index contributed by atoms with van der Waals surface area (Å²) in [6.45, 7) is 0. The van der Waals surface area contributed by atoms with Crippen LogP contribution in [-0.2, 0) is 6.42 Å². The lowest BCUT2D eigenvalue weighted by molar-refractivity contribution is 0.507. The van der Waals surface area contributed by atoms with Gasteiger partial charge < -0.3 is 10.1 Å². The third-order valence-corrected chi connectivity index (χ3v) is 3.08. The number of nitrogens with zero attached hydrogens (tertiary/aromatic N) is 3. The lowest BCUT2D eigenvalue weighted by Gasteiger charge is -2.07. The molecule has 0 saturated carbocycles. The molecule has 0 aliphatic heterocycles. The summed E-state index contributed by atoms with van der Waals surface area (Å²) in [5.41, 5.74) is 7.45. The Morgan fingerprint density at radius 2 is 2.10 bits per heavy atom. The summed E-state index contributed by atoms with van der Waals surface area (Å²) in [4.78, 5) is 8.45. The maximum absolute atomic E-state index is 13.3. The lowest BCUT2D eigenvalue weighted by atomic mass is 10.1. The highest BCUT2D eigenvalue weighted by atomic mass is 19.2. The number of hydrogen-bond donors (Lipinski definition) is 2. The number of nitrogen functional groups attached to an aromatic ring is 1. The van der Waals surface area contributed by atoms with Crippen molar-refractivity contribution in [1.29, 1.82) is 5.41 Å². The first-order valence-electron chi connectivity index (χ1n) is 6.15. The first kappa shape index (κ1) is 13.2. The predicted molar refractivity (Wildman–Crippen MR) is 73.2 cm³/mol. The van der Waals surface area contributed by atoms with Crippen molar-refractivity contribution in [2.45, 2.75) is 6.42 Å². The predicted octanol–water partition coefficient (Wildman–Crippen LogP) is 1.88. The topological polar surface area (TPSA) is 80.1 Å². The van der Waals surface area contributed by atoms with Gasteiger partial charge in [-0.3, -0.25) is 5.41 Å². The molecule has 0 unspecified atom stereocenters. The number of fused-ring (bicyclic) bond motifs is 1. The third kappa shape index (κ3) is 2.45. The zero-order chi connectivity index (χ0) is 15.0. The number of benzene rings is 1. The van der Waals surface area contributed by atoms with Crippen molar-refractivity contribution in [1.82, 2.24) is 14.4 Å². The van der Waals surface area contributed by atoms with E-state index in [1.54, 1.807) is 23.0 Å². The Labute approximate surface area is 118 Å². The van der Waals surface area contributed by atoms with Crippen LogP contribution in [0.1, 0.15) is 17.0 Å². The molecule has 0 atom stereocenters. The van der Waals surface area contributed by atoms with E-state index in [-0.39, 0.29) is 12.3 Å². The number of hydrogen-bond acceptors (Lipinski definition) is 3. The summed E-state index contributed by atoms with van der Waals surface area (Å²) in [5, 5.41) is 7.47. The van der Waals surface area contributed by atoms with Crippen molar-refractivity contribution in [2.75, 3.05) is 0 Å². The Balaban J connectivity index is 2.08. The SMILES string of the molecule is N=C(N)c1cn2ccnc2c(Cc2ccc(F)c(F)c2)n1. The van der Waals surface area contributed by atoms with E-state index >= 15 is 0 Å². The quantitative estimate of drug-likeness (QED) is 0.570. The Morgan fingerprint density at radius 3 is 2.81 bits per heavy atom. The first-order chi connectivity index (χ1) is 10.0. The molecule has 0 spiro atoms. The number of nitrogens with two attached hydrogens (primary N) is 1. The molecule has 5 nitrogen and oxygen atoms in total. The summed E-state index contributed by atoms with van der Waals surface area (Å²) in [6, 6.07) is 3.68. The van der Waals surface area contributed by atoms with Gasteiger partial charge in [0, 0.05) is 25.0 Å².